The van der Waals surface area contributed by atoms with E-state index >= 15 is 0 Å². The number of esters is 1. The first kappa shape index (κ1) is 44.4. The molecule has 5 bridgehead atoms. The molecule has 3 aromatic carbocycles. The van der Waals surface area contributed by atoms with Crippen LogP contribution < -0.4 is 10.1 Å². The van der Waals surface area contributed by atoms with Gasteiger partial charge < -0.3 is 49.8 Å². The van der Waals surface area contributed by atoms with Gasteiger partial charge in [-0.15, -0.1) is 0 Å². The Kier molecular flexibility index (Phi) is 13.3. The van der Waals surface area contributed by atoms with Gasteiger partial charge >= 0.3 is 11.8 Å². The number of fused-ring (bicyclic) bond motifs is 14. The second-order valence-corrected chi connectivity index (χ2v) is 15.7. The fourth-order valence-electron chi connectivity index (χ4n) is 7.64. The Hall–Kier alpha value is -5.70. The number of methoxy groups -OCH3 is 1. The van der Waals surface area contributed by atoms with Gasteiger partial charge in [-0.25, -0.2) is 0 Å². The first-order chi connectivity index (χ1) is 27.7. The van der Waals surface area contributed by atoms with Crippen LogP contribution in [-0.2, 0) is 23.8 Å². The number of benzene rings is 3. The summed E-state index contributed by atoms with van der Waals surface area (Å²) in [4.78, 5) is 44.9. The molecular formula is C45H54N2O12. The lowest BCUT2D eigenvalue weighted by atomic mass is 9.78. The summed E-state index contributed by atoms with van der Waals surface area (Å²) < 4.78 is 23.6. The van der Waals surface area contributed by atoms with Crippen LogP contribution in [0.2, 0.25) is 0 Å². The van der Waals surface area contributed by atoms with Gasteiger partial charge in [0.25, 0.3) is 11.7 Å². The molecule has 6 rings (SSSR count). The van der Waals surface area contributed by atoms with Crippen molar-refractivity contribution in [3.8, 4) is 23.0 Å². The molecule has 3 heterocycles. The van der Waals surface area contributed by atoms with E-state index in [-0.39, 0.29) is 44.5 Å². The van der Waals surface area contributed by atoms with Crippen LogP contribution in [0.15, 0.2) is 65.4 Å². The molecule has 1 amide bonds. The number of phenols is 3. The topological polar surface area (TPSA) is 214 Å². The maximum atomic E-state index is 14.4. The van der Waals surface area contributed by atoms with Gasteiger partial charge in [-0.05, 0) is 39.0 Å². The first-order valence-electron chi connectivity index (χ1n) is 19.4. The van der Waals surface area contributed by atoms with Gasteiger partial charge in [0.2, 0.25) is 0 Å². The van der Waals surface area contributed by atoms with Crippen LogP contribution in [0, 0.1) is 37.5 Å². The number of hydrogen-bond donors (Lipinski definition) is 6. The standard InChI is InChI=1S/C45H54N2O12/c1-21-14-16-29(17-15-21)46-20-30-35-40(53)33-32(39(30)52)34-42(27(7)38(33)51)59-45(9,43(34)54)57-19-18-31(56-10)24(4)41(58-28(8)48)26(6)37(50)25(5)36(49)22(2)12-11-13-23(3)44(55)47-35/h11-20,22,24-26,31,36-37,41,49-53H,1-10H3,(H,47,55)/b12-11+,19-18+,23-13+,46-20?/t22-,24+,25+,26+,31-,36-,37+,41+,45-/m0/s1. The number of Topliss-reactive ketones (excluding diaryl/α,β-unsaturated/α-hetero) is 1. The highest BCUT2D eigenvalue weighted by atomic mass is 16.7. The summed E-state index contributed by atoms with van der Waals surface area (Å²) in [5.41, 5.74) is 0.994. The number of aryl methyl sites for hydroxylation is 1. The maximum Gasteiger partial charge on any atom is 0.312 e. The van der Waals surface area contributed by atoms with Crippen molar-refractivity contribution in [1.82, 2.24) is 0 Å². The van der Waals surface area contributed by atoms with E-state index in [0.717, 1.165) is 5.56 Å². The SMILES string of the molecule is CO[C@H]1/C=C/O[C@@]2(C)Oc3c(C)c(O)c4c(O)c(c(C=Nc5ccc(C)cc5)c(O)c4c3C2=O)NC(=O)/C(C)=C/C=C/[C@H](C)[C@H](O)[C@@H](C)[C@@H](O)[C@@H](C)[C@H](OC(C)=O)[C@@H]1C. The van der Waals surface area contributed by atoms with Crippen molar-refractivity contribution in [2.45, 2.75) is 92.5 Å². The summed E-state index contributed by atoms with van der Waals surface area (Å²) in [5, 5.41) is 60.4. The second kappa shape index (κ2) is 17.7. The van der Waals surface area contributed by atoms with Crippen LogP contribution in [0.3, 0.4) is 0 Å². The lowest BCUT2D eigenvalue weighted by Crippen LogP contribution is -2.46. The van der Waals surface area contributed by atoms with E-state index in [0.29, 0.717) is 5.69 Å². The molecule has 3 aliphatic heterocycles. The predicted molar refractivity (Wildman–Crippen MR) is 222 cm³/mol. The summed E-state index contributed by atoms with van der Waals surface area (Å²) in [6.07, 6.45) is 4.74. The molecule has 9 atom stereocenters. The predicted octanol–water partition coefficient (Wildman–Crippen LogP) is 6.81. The van der Waals surface area contributed by atoms with Crippen molar-refractivity contribution in [3.05, 3.63) is 82.7 Å². The molecule has 0 fully saturated rings. The summed E-state index contributed by atoms with van der Waals surface area (Å²) in [7, 11) is 1.43. The molecule has 316 valence electrons. The number of aromatic hydroxyl groups is 3. The van der Waals surface area contributed by atoms with Gasteiger partial charge in [-0.2, -0.15) is 0 Å². The van der Waals surface area contributed by atoms with Crippen LogP contribution in [0.4, 0.5) is 11.4 Å². The molecular weight excluding hydrogens is 760 g/mol. The van der Waals surface area contributed by atoms with Gasteiger partial charge in [0, 0.05) is 67.4 Å². The number of ether oxygens (including phenoxy) is 4. The van der Waals surface area contributed by atoms with Crippen molar-refractivity contribution < 1.29 is 58.9 Å². The quantitative estimate of drug-likeness (QED) is 0.0694. The zero-order valence-corrected chi connectivity index (χ0v) is 34.9. The van der Waals surface area contributed by atoms with E-state index in [4.69, 9.17) is 18.9 Å². The Labute approximate surface area is 343 Å². The summed E-state index contributed by atoms with van der Waals surface area (Å²) in [5.74, 6) is -8.49. The fourth-order valence-corrected chi connectivity index (χ4v) is 7.64. The van der Waals surface area contributed by atoms with Gasteiger partial charge in [-0.3, -0.25) is 19.4 Å². The van der Waals surface area contributed by atoms with Crippen molar-refractivity contribution >= 4 is 46.0 Å². The number of amides is 1. The van der Waals surface area contributed by atoms with E-state index in [9.17, 15) is 39.9 Å². The van der Waals surface area contributed by atoms with Crippen LogP contribution in [-0.4, -0.2) is 86.7 Å². The lowest BCUT2D eigenvalue weighted by Gasteiger charge is -2.38. The third-order valence-corrected chi connectivity index (χ3v) is 11.4. The number of phenolic OH excluding ortho intramolecular Hbond substituents is 3. The van der Waals surface area contributed by atoms with E-state index in [2.05, 4.69) is 10.3 Å². The molecule has 0 saturated carbocycles. The Morgan fingerprint density at radius 3 is 2.19 bits per heavy atom. The Morgan fingerprint density at radius 2 is 1.56 bits per heavy atom. The van der Waals surface area contributed by atoms with E-state index < -0.39 is 88.8 Å². The highest BCUT2D eigenvalue weighted by Gasteiger charge is 2.50. The van der Waals surface area contributed by atoms with E-state index in [1.807, 2.05) is 19.1 Å². The number of hydrogen-bond acceptors (Lipinski definition) is 13. The monoisotopic (exact) mass is 814 g/mol. The van der Waals surface area contributed by atoms with Crippen LogP contribution in [0.1, 0.15) is 75.5 Å². The number of ketones is 1. The molecule has 3 aliphatic rings. The molecule has 0 aliphatic carbocycles. The number of aliphatic hydroxyl groups excluding tert-OH is 2. The smallest absolute Gasteiger partial charge is 0.312 e. The highest BCUT2D eigenvalue weighted by molar-refractivity contribution is 6.24. The molecule has 59 heavy (non-hydrogen) atoms. The highest BCUT2D eigenvalue weighted by Crippen LogP contribution is 2.55. The minimum atomic E-state index is -2.05. The number of anilines is 1. The summed E-state index contributed by atoms with van der Waals surface area (Å²) in [6.45, 7) is 14.4. The summed E-state index contributed by atoms with van der Waals surface area (Å²) in [6, 6.07) is 7.12. The number of nitrogens with zero attached hydrogens (tertiary/aromatic N) is 1. The number of aliphatic hydroxyl groups is 2. The molecule has 0 aromatic heterocycles. The third-order valence-electron chi connectivity index (χ3n) is 11.4. The number of rotatable bonds is 4. The second-order valence-electron chi connectivity index (χ2n) is 15.7. The van der Waals surface area contributed by atoms with E-state index in [1.54, 1.807) is 52.0 Å². The zero-order chi connectivity index (χ0) is 43.7. The molecule has 14 nitrogen and oxygen atoms in total. The minimum Gasteiger partial charge on any atom is -0.507 e. The summed E-state index contributed by atoms with van der Waals surface area (Å²) >= 11 is 0. The van der Waals surface area contributed by atoms with Crippen molar-refractivity contribution in [2.75, 3.05) is 12.4 Å². The first-order valence-corrected chi connectivity index (χ1v) is 19.4. The van der Waals surface area contributed by atoms with Gasteiger partial charge in [0.15, 0.2) is 5.75 Å². The van der Waals surface area contributed by atoms with Crippen molar-refractivity contribution in [1.29, 1.82) is 0 Å². The molecule has 0 saturated heterocycles. The van der Waals surface area contributed by atoms with Gasteiger partial charge in [-0.1, -0.05) is 63.6 Å². The average Bonchev–Trinajstić information content (AvgIpc) is 3.46. The largest absolute Gasteiger partial charge is 0.507 e. The molecule has 0 radical (unpaired) electrons. The number of carbonyl (C=O) groups is 3. The lowest BCUT2D eigenvalue weighted by molar-refractivity contribution is -0.160. The normalized spacial score (nSPS) is 30.1. The Morgan fingerprint density at radius 1 is 0.898 bits per heavy atom. The number of carbonyl (C=O) groups excluding carboxylic acids is 3. The van der Waals surface area contributed by atoms with E-state index in [1.165, 1.54) is 59.4 Å². The molecule has 3 aromatic rings. The maximum absolute atomic E-state index is 14.4. The number of allylic oxidation sites excluding steroid dienone is 2. The molecule has 14 heteroatoms. The van der Waals surface area contributed by atoms with Gasteiger partial charge in [0.05, 0.1) is 52.5 Å². The Bertz CT molecular complexity index is 2240. The average molecular weight is 815 g/mol. The number of aliphatic imine (C=N–C) groups is 1. The molecule has 0 spiro atoms. The third kappa shape index (κ3) is 8.70. The number of nitrogens with one attached hydrogen (secondary N) is 1. The van der Waals surface area contributed by atoms with Crippen LogP contribution >= 0.6 is 0 Å². The van der Waals surface area contributed by atoms with Gasteiger partial charge in [0.1, 0.15) is 23.4 Å². The fraction of sp³-hybridized carbons (Fsp3) is 0.422. The molecule has 0 unspecified atom stereocenters. The Balaban J connectivity index is 1.73. The van der Waals surface area contributed by atoms with Crippen LogP contribution in [0.25, 0.3) is 10.8 Å². The van der Waals surface area contributed by atoms with Crippen LogP contribution in [0.5, 0.6) is 23.0 Å². The molecule has 6 N–H and O–H groups in total. The zero-order valence-electron chi connectivity index (χ0n) is 34.9. The van der Waals surface area contributed by atoms with Crippen molar-refractivity contribution in [2.24, 2.45) is 28.7 Å². The van der Waals surface area contributed by atoms with Crippen molar-refractivity contribution in [3.63, 3.8) is 0 Å². The minimum absolute atomic E-state index is 0.0441.